The monoisotopic (exact) mass is 257 g/mol. The standard InChI is InChI=1S/C10H10F3N5/c1-18-16-9(15-17-18)6-14-8-4-2-7(3-5-8)10(11,12)13/h2-5,14H,6H2,1H3. The Morgan fingerprint density at radius 3 is 2.39 bits per heavy atom. The van der Waals surface area contributed by atoms with Gasteiger partial charge in [-0.15, -0.1) is 10.2 Å². The highest BCUT2D eigenvalue weighted by molar-refractivity contribution is 5.45. The second-order valence-electron chi connectivity index (χ2n) is 3.62. The van der Waals surface area contributed by atoms with E-state index < -0.39 is 11.7 Å². The van der Waals surface area contributed by atoms with Crippen molar-refractivity contribution in [2.75, 3.05) is 5.32 Å². The SMILES string of the molecule is Cn1nnc(CNc2ccc(C(F)(F)F)cc2)n1. The van der Waals surface area contributed by atoms with Gasteiger partial charge < -0.3 is 5.32 Å². The largest absolute Gasteiger partial charge is 0.416 e. The Hall–Kier alpha value is -2.12. The van der Waals surface area contributed by atoms with Gasteiger partial charge in [0.2, 0.25) is 0 Å². The minimum Gasteiger partial charge on any atom is -0.378 e. The highest BCUT2D eigenvalue weighted by Crippen LogP contribution is 2.29. The number of aryl methyl sites for hydroxylation is 1. The van der Waals surface area contributed by atoms with Crippen LogP contribution in [-0.2, 0) is 19.8 Å². The van der Waals surface area contributed by atoms with Crippen LogP contribution in [0.4, 0.5) is 18.9 Å². The number of nitrogens with zero attached hydrogens (tertiary/aromatic N) is 4. The summed E-state index contributed by atoms with van der Waals surface area (Å²) in [7, 11) is 1.63. The van der Waals surface area contributed by atoms with Crippen LogP contribution in [0.2, 0.25) is 0 Å². The maximum absolute atomic E-state index is 12.3. The van der Waals surface area contributed by atoms with Crippen LogP contribution in [0, 0.1) is 0 Å². The van der Waals surface area contributed by atoms with E-state index in [2.05, 4.69) is 20.7 Å². The molecule has 2 aromatic rings. The molecule has 0 saturated carbocycles. The number of benzene rings is 1. The van der Waals surface area contributed by atoms with E-state index in [-0.39, 0.29) is 0 Å². The summed E-state index contributed by atoms with van der Waals surface area (Å²) in [5.74, 6) is 0.470. The van der Waals surface area contributed by atoms with E-state index >= 15 is 0 Å². The van der Waals surface area contributed by atoms with Gasteiger partial charge in [0.1, 0.15) is 0 Å². The maximum atomic E-state index is 12.3. The van der Waals surface area contributed by atoms with Gasteiger partial charge in [-0.2, -0.15) is 18.0 Å². The molecule has 1 N–H and O–H groups in total. The summed E-state index contributed by atoms with van der Waals surface area (Å²) >= 11 is 0. The number of nitrogens with one attached hydrogen (secondary N) is 1. The zero-order valence-electron chi connectivity index (χ0n) is 9.44. The first kappa shape index (κ1) is 12.3. The molecule has 0 unspecified atom stereocenters. The zero-order chi connectivity index (χ0) is 13.2. The quantitative estimate of drug-likeness (QED) is 0.911. The molecule has 1 heterocycles. The van der Waals surface area contributed by atoms with E-state index in [0.29, 0.717) is 18.1 Å². The van der Waals surface area contributed by atoms with Crippen LogP contribution in [0.25, 0.3) is 0 Å². The molecule has 0 saturated heterocycles. The summed E-state index contributed by atoms with van der Waals surface area (Å²) in [6.07, 6.45) is -4.31. The van der Waals surface area contributed by atoms with Crippen molar-refractivity contribution in [3.63, 3.8) is 0 Å². The van der Waals surface area contributed by atoms with Gasteiger partial charge in [-0.1, -0.05) is 0 Å². The highest BCUT2D eigenvalue weighted by atomic mass is 19.4. The number of hydrogen-bond donors (Lipinski definition) is 1. The molecule has 0 atom stereocenters. The molecule has 0 amide bonds. The van der Waals surface area contributed by atoms with Crippen molar-refractivity contribution in [3.05, 3.63) is 35.7 Å². The molecule has 0 spiro atoms. The lowest BCUT2D eigenvalue weighted by Gasteiger charge is -2.08. The molecule has 0 aliphatic heterocycles. The predicted octanol–water partition coefficient (Wildman–Crippen LogP) is 1.84. The van der Waals surface area contributed by atoms with Gasteiger partial charge in [-0.05, 0) is 29.5 Å². The van der Waals surface area contributed by atoms with Crippen LogP contribution >= 0.6 is 0 Å². The first-order valence-electron chi connectivity index (χ1n) is 5.09. The fourth-order valence-electron chi connectivity index (χ4n) is 1.35. The Balaban J connectivity index is 1.98. The smallest absolute Gasteiger partial charge is 0.378 e. The van der Waals surface area contributed by atoms with E-state index in [1.165, 1.54) is 16.9 Å². The summed E-state index contributed by atoms with van der Waals surface area (Å²) in [6, 6.07) is 4.76. The van der Waals surface area contributed by atoms with Gasteiger partial charge in [0.05, 0.1) is 19.2 Å². The fraction of sp³-hybridized carbons (Fsp3) is 0.300. The Bertz CT molecular complexity index is 517. The first-order chi connectivity index (χ1) is 8.45. The van der Waals surface area contributed by atoms with Gasteiger partial charge in [-0.25, -0.2) is 0 Å². The van der Waals surface area contributed by atoms with Crippen molar-refractivity contribution in [1.82, 2.24) is 20.2 Å². The predicted molar refractivity (Wildman–Crippen MR) is 57.6 cm³/mol. The summed E-state index contributed by atoms with van der Waals surface area (Å²) in [6.45, 7) is 0.305. The number of halogens is 3. The van der Waals surface area contributed by atoms with Crippen molar-refractivity contribution in [1.29, 1.82) is 0 Å². The Kier molecular flexibility index (Phi) is 3.17. The average Bonchev–Trinajstić information content (AvgIpc) is 2.72. The number of rotatable bonds is 3. The molecule has 1 aromatic heterocycles. The van der Waals surface area contributed by atoms with E-state index in [0.717, 1.165) is 12.1 Å². The van der Waals surface area contributed by atoms with Crippen molar-refractivity contribution < 1.29 is 13.2 Å². The molecule has 0 aliphatic carbocycles. The molecule has 0 radical (unpaired) electrons. The molecule has 0 aliphatic rings. The minimum atomic E-state index is -4.31. The third kappa shape index (κ3) is 2.96. The van der Waals surface area contributed by atoms with Crippen molar-refractivity contribution in [3.8, 4) is 0 Å². The lowest BCUT2D eigenvalue weighted by molar-refractivity contribution is -0.137. The average molecular weight is 257 g/mol. The molecule has 18 heavy (non-hydrogen) atoms. The van der Waals surface area contributed by atoms with Crippen LogP contribution in [0.3, 0.4) is 0 Å². The Labute approximate surface area is 101 Å². The summed E-state index contributed by atoms with van der Waals surface area (Å²) < 4.78 is 37.0. The normalized spacial score (nSPS) is 11.6. The lowest BCUT2D eigenvalue weighted by atomic mass is 10.2. The van der Waals surface area contributed by atoms with E-state index in [9.17, 15) is 13.2 Å². The Morgan fingerprint density at radius 2 is 1.89 bits per heavy atom. The summed E-state index contributed by atoms with van der Waals surface area (Å²) in [5, 5.41) is 14.2. The second kappa shape index (κ2) is 4.63. The second-order valence-corrected chi connectivity index (χ2v) is 3.62. The minimum absolute atomic E-state index is 0.305. The molecule has 1 aromatic carbocycles. The number of alkyl halides is 3. The van der Waals surface area contributed by atoms with Crippen LogP contribution in [0.1, 0.15) is 11.4 Å². The van der Waals surface area contributed by atoms with Crippen LogP contribution < -0.4 is 5.32 Å². The number of hydrogen-bond acceptors (Lipinski definition) is 4. The third-order valence-electron chi connectivity index (χ3n) is 2.21. The molecule has 96 valence electrons. The van der Waals surface area contributed by atoms with Crippen molar-refractivity contribution >= 4 is 5.69 Å². The van der Waals surface area contributed by atoms with E-state index in [1.54, 1.807) is 7.05 Å². The fourth-order valence-corrected chi connectivity index (χ4v) is 1.35. The lowest BCUT2D eigenvalue weighted by Crippen LogP contribution is -2.06. The molecule has 0 fully saturated rings. The topological polar surface area (TPSA) is 55.6 Å². The van der Waals surface area contributed by atoms with Crippen LogP contribution in [0.15, 0.2) is 24.3 Å². The molecule has 8 heteroatoms. The van der Waals surface area contributed by atoms with Crippen LogP contribution in [-0.4, -0.2) is 20.2 Å². The van der Waals surface area contributed by atoms with E-state index in [4.69, 9.17) is 0 Å². The van der Waals surface area contributed by atoms with Gasteiger partial charge in [0, 0.05) is 5.69 Å². The highest BCUT2D eigenvalue weighted by Gasteiger charge is 2.29. The van der Waals surface area contributed by atoms with Crippen molar-refractivity contribution in [2.45, 2.75) is 12.7 Å². The van der Waals surface area contributed by atoms with Crippen molar-refractivity contribution in [2.24, 2.45) is 7.05 Å². The molecule has 5 nitrogen and oxygen atoms in total. The summed E-state index contributed by atoms with van der Waals surface area (Å²) in [5.41, 5.74) is -0.110. The zero-order valence-corrected chi connectivity index (χ0v) is 9.44. The molecule has 0 bridgehead atoms. The van der Waals surface area contributed by atoms with E-state index in [1.807, 2.05) is 0 Å². The third-order valence-corrected chi connectivity index (χ3v) is 2.21. The Morgan fingerprint density at radius 1 is 1.22 bits per heavy atom. The van der Waals surface area contributed by atoms with Gasteiger partial charge in [-0.3, -0.25) is 0 Å². The summed E-state index contributed by atoms with van der Waals surface area (Å²) in [4.78, 5) is 1.31. The van der Waals surface area contributed by atoms with Crippen LogP contribution in [0.5, 0.6) is 0 Å². The van der Waals surface area contributed by atoms with Gasteiger partial charge >= 0.3 is 6.18 Å². The van der Waals surface area contributed by atoms with Gasteiger partial charge in [0.15, 0.2) is 5.82 Å². The maximum Gasteiger partial charge on any atom is 0.416 e. The molecular weight excluding hydrogens is 247 g/mol. The van der Waals surface area contributed by atoms with Gasteiger partial charge in [0.25, 0.3) is 0 Å². The molecular formula is C10H10F3N5. The number of anilines is 1. The first-order valence-corrected chi connectivity index (χ1v) is 5.09. The molecule has 2 rings (SSSR count). The number of aromatic nitrogens is 4. The number of tetrazole rings is 1.